The Labute approximate surface area is 199 Å². The number of thioether (sulfide) groups is 1. The Morgan fingerprint density at radius 3 is 2.65 bits per heavy atom. The summed E-state index contributed by atoms with van der Waals surface area (Å²) in [4.78, 5) is 23.7. The van der Waals surface area contributed by atoms with Gasteiger partial charge in [0.05, 0.1) is 18.6 Å². The van der Waals surface area contributed by atoms with Crippen LogP contribution in [0.5, 0.6) is 5.75 Å². The normalized spacial score (nSPS) is 10.7. The summed E-state index contributed by atoms with van der Waals surface area (Å²) in [5, 5.41) is 12.1. The number of benzene rings is 2. The Morgan fingerprint density at radius 2 is 1.94 bits per heavy atom. The summed E-state index contributed by atoms with van der Waals surface area (Å²) in [6.07, 6.45) is 1.37. The maximum atomic E-state index is 12.6. The van der Waals surface area contributed by atoms with Crippen LogP contribution in [-0.2, 0) is 11.2 Å². The SMILES string of the molecule is COc1cccc(-n2c(CCCNC(C)=O)nnc2SCC(=O)c2ccc(I)cc2)c1. The Kier molecular flexibility index (Phi) is 8.47. The monoisotopic (exact) mass is 550 g/mol. The van der Waals surface area contributed by atoms with Crippen LogP contribution in [0.1, 0.15) is 29.5 Å². The van der Waals surface area contributed by atoms with Gasteiger partial charge in [-0.2, -0.15) is 0 Å². The fourth-order valence-electron chi connectivity index (χ4n) is 2.92. The third-order valence-electron chi connectivity index (χ3n) is 4.46. The van der Waals surface area contributed by atoms with Gasteiger partial charge in [-0.15, -0.1) is 10.2 Å². The van der Waals surface area contributed by atoms with E-state index in [4.69, 9.17) is 4.74 Å². The molecule has 162 valence electrons. The van der Waals surface area contributed by atoms with Gasteiger partial charge in [-0.05, 0) is 53.3 Å². The molecule has 0 unspecified atom stereocenters. The molecule has 9 heteroatoms. The molecule has 3 rings (SSSR count). The quantitative estimate of drug-likeness (QED) is 0.178. The lowest BCUT2D eigenvalue weighted by Gasteiger charge is -2.11. The van der Waals surface area contributed by atoms with E-state index in [9.17, 15) is 9.59 Å². The van der Waals surface area contributed by atoms with Crippen molar-refractivity contribution in [1.29, 1.82) is 0 Å². The molecule has 1 heterocycles. The number of ketones is 1. The molecular formula is C22H23IN4O3S. The predicted octanol–water partition coefficient (Wildman–Crippen LogP) is 3.92. The van der Waals surface area contributed by atoms with E-state index in [0.29, 0.717) is 23.7 Å². The number of nitrogens with zero attached hydrogens (tertiary/aromatic N) is 3. The smallest absolute Gasteiger partial charge is 0.216 e. The molecule has 0 radical (unpaired) electrons. The van der Waals surface area contributed by atoms with Gasteiger partial charge in [0.2, 0.25) is 5.91 Å². The Balaban J connectivity index is 1.80. The summed E-state index contributed by atoms with van der Waals surface area (Å²) in [6.45, 7) is 2.06. The van der Waals surface area contributed by atoms with Gasteiger partial charge in [-0.3, -0.25) is 14.2 Å². The van der Waals surface area contributed by atoms with Crippen molar-refractivity contribution < 1.29 is 14.3 Å². The molecule has 31 heavy (non-hydrogen) atoms. The second-order valence-electron chi connectivity index (χ2n) is 6.74. The molecule has 1 aromatic heterocycles. The van der Waals surface area contributed by atoms with Crippen molar-refractivity contribution in [2.24, 2.45) is 0 Å². The van der Waals surface area contributed by atoms with Crippen molar-refractivity contribution in [2.75, 3.05) is 19.4 Å². The summed E-state index contributed by atoms with van der Waals surface area (Å²) in [5.74, 6) is 1.73. The zero-order valence-electron chi connectivity index (χ0n) is 17.3. The highest BCUT2D eigenvalue weighted by Crippen LogP contribution is 2.26. The van der Waals surface area contributed by atoms with Gasteiger partial charge in [0.25, 0.3) is 0 Å². The fraction of sp³-hybridized carbons (Fsp3) is 0.273. The number of carbonyl (C=O) groups excluding carboxylic acids is 2. The topological polar surface area (TPSA) is 86.1 Å². The molecule has 0 aliphatic carbocycles. The lowest BCUT2D eigenvalue weighted by Crippen LogP contribution is -2.21. The minimum atomic E-state index is -0.0559. The Morgan fingerprint density at radius 1 is 1.16 bits per heavy atom. The first-order valence-corrected chi connectivity index (χ1v) is 11.8. The zero-order chi connectivity index (χ0) is 22.2. The number of carbonyl (C=O) groups is 2. The summed E-state index contributed by atoms with van der Waals surface area (Å²) < 4.78 is 8.39. The first-order valence-electron chi connectivity index (χ1n) is 9.72. The zero-order valence-corrected chi connectivity index (χ0v) is 20.3. The third kappa shape index (κ3) is 6.54. The number of rotatable bonds is 10. The average Bonchev–Trinajstić information content (AvgIpc) is 3.18. The highest BCUT2D eigenvalue weighted by atomic mass is 127. The lowest BCUT2D eigenvalue weighted by atomic mass is 10.2. The van der Waals surface area contributed by atoms with Crippen LogP contribution in [0.2, 0.25) is 0 Å². The number of hydrogen-bond acceptors (Lipinski definition) is 6. The van der Waals surface area contributed by atoms with E-state index in [0.717, 1.165) is 27.3 Å². The van der Waals surface area contributed by atoms with E-state index in [1.165, 1.54) is 18.7 Å². The summed E-state index contributed by atoms with van der Waals surface area (Å²) in [5.41, 5.74) is 1.54. The van der Waals surface area contributed by atoms with Gasteiger partial charge >= 0.3 is 0 Å². The number of methoxy groups -OCH3 is 1. The van der Waals surface area contributed by atoms with Gasteiger partial charge in [0.1, 0.15) is 11.6 Å². The van der Waals surface area contributed by atoms with E-state index < -0.39 is 0 Å². The molecule has 0 aliphatic rings. The van der Waals surface area contributed by atoms with Crippen LogP contribution in [0.25, 0.3) is 5.69 Å². The Hall–Kier alpha value is -2.40. The molecule has 1 amide bonds. The van der Waals surface area contributed by atoms with Crippen LogP contribution in [0.3, 0.4) is 0 Å². The maximum Gasteiger partial charge on any atom is 0.216 e. The number of nitrogens with one attached hydrogen (secondary N) is 1. The molecule has 0 spiro atoms. The van der Waals surface area contributed by atoms with Crippen LogP contribution >= 0.6 is 34.4 Å². The highest BCUT2D eigenvalue weighted by Gasteiger charge is 2.17. The van der Waals surface area contributed by atoms with Crippen molar-refractivity contribution in [3.63, 3.8) is 0 Å². The number of halogens is 1. The fourth-order valence-corrected chi connectivity index (χ4v) is 4.15. The van der Waals surface area contributed by atoms with Gasteiger partial charge in [0.15, 0.2) is 10.9 Å². The Bertz CT molecular complexity index is 1050. The number of aromatic nitrogens is 3. The van der Waals surface area contributed by atoms with Crippen molar-refractivity contribution >= 4 is 46.0 Å². The van der Waals surface area contributed by atoms with Crippen LogP contribution in [-0.4, -0.2) is 45.9 Å². The van der Waals surface area contributed by atoms with Crippen molar-refractivity contribution in [2.45, 2.75) is 24.9 Å². The van der Waals surface area contributed by atoms with Crippen LogP contribution in [0, 0.1) is 3.57 Å². The van der Waals surface area contributed by atoms with Crippen LogP contribution in [0.4, 0.5) is 0 Å². The second kappa shape index (κ2) is 11.3. The lowest BCUT2D eigenvalue weighted by molar-refractivity contribution is -0.118. The molecule has 2 aromatic carbocycles. The second-order valence-corrected chi connectivity index (χ2v) is 8.93. The average molecular weight is 550 g/mol. The van der Waals surface area contributed by atoms with E-state index in [1.54, 1.807) is 7.11 Å². The summed E-state index contributed by atoms with van der Waals surface area (Å²) >= 11 is 3.57. The van der Waals surface area contributed by atoms with Gasteiger partial charge in [0, 0.05) is 35.1 Å². The molecule has 0 saturated carbocycles. The van der Waals surface area contributed by atoms with Gasteiger partial charge < -0.3 is 10.1 Å². The molecule has 0 atom stereocenters. The third-order valence-corrected chi connectivity index (χ3v) is 6.11. The van der Waals surface area contributed by atoms with Gasteiger partial charge in [-0.1, -0.05) is 30.0 Å². The molecule has 0 fully saturated rings. The van der Waals surface area contributed by atoms with Crippen molar-refractivity contribution in [3.8, 4) is 11.4 Å². The molecule has 0 saturated heterocycles. The first-order chi connectivity index (χ1) is 15.0. The highest BCUT2D eigenvalue weighted by molar-refractivity contribution is 14.1. The van der Waals surface area contributed by atoms with E-state index >= 15 is 0 Å². The molecule has 3 aromatic rings. The number of Topliss-reactive ketones (excluding diaryl/α,β-unsaturated/α-hetero) is 1. The van der Waals surface area contributed by atoms with E-state index in [1.807, 2.05) is 53.1 Å². The molecule has 7 nitrogen and oxygen atoms in total. The standard InChI is InChI=1S/C22H23IN4O3S/c1-15(28)24-12-4-7-21-25-26-22(27(21)18-5-3-6-19(13-18)30-2)31-14-20(29)16-8-10-17(23)11-9-16/h3,5-6,8-11,13H,4,7,12,14H2,1-2H3,(H,24,28). The minimum Gasteiger partial charge on any atom is -0.497 e. The summed E-state index contributed by atoms with van der Waals surface area (Å²) in [7, 11) is 1.62. The van der Waals surface area contributed by atoms with E-state index in [2.05, 4.69) is 38.1 Å². The number of ether oxygens (including phenoxy) is 1. The first kappa shape index (κ1) is 23.3. The van der Waals surface area contributed by atoms with Crippen molar-refractivity contribution in [3.05, 3.63) is 63.5 Å². The van der Waals surface area contributed by atoms with Crippen LogP contribution in [0.15, 0.2) is 53.7 Å². The van der Waals surface area contributed by atoms with Crippen molar-refractivity contribution in [1.82, 2.24) is 20.1 Å². The number of hydrogen-bond donors (Lipinski definition) is 1. The molecular weight excluding hydrogens is 527 g/mol. The molecule has 0 aliphatic heterocycles. The largest absolute Gasteiger partial charge is 0.497 e. The summed E-state index contributed by atoms with van der Waals surface area (Å²) in [6, 6.07) is 15.2. The minimum absolute atomic E-state index is 0.0359. The number of aryl methyl sites for hydroxylation is 1. The van der Waals surface area contributed by atoms with Gasteiger partial charge in [-0.25, -0.2) is 0 Å². The van der Waals surface area contributed by atoms with E-state index in [-0.39, 0.29) is 17.4 Å². The molecule has 0 bridgehead atoms. The predicted molar refractivity (Wildman–Crippen MR) is 129 cm³/mol. The molecule has 1 N–H and O–H groups in total. The number of amides is 1. The maximum absolute atomic E-state index is 12.6. The van der Waals surface area contributed by atoms with Crippen LogP contribution < -0.4 is 10.1 Å².